The van der Waals surface area contributed by atoms with E-state index in [1.165, 1.54) is 19.3 Å². The molecule has 1 aliphatic heterocycles. The van der Waals surface area contributed by atoms with Crippen molar-refractivity contribution in [3.05, 3.63) is 0 Å². The van der Waals surface area contributed by atoms with Gasteiger partial charge in [0.05, 0.1) is 0 Å². The normalized spacial score (nSPS) is 27.1. The van der Waals surface area contributed by atoms with E-state index in [-0.39, 0.29) is 17.6 Å². The van der Waals surface area contributed by atoms with E-state index in [1.807, 2.05) is 13.8 Å². The van der Waals surface area contributed by atoms with Crippen LogP contribution in [0.15, 0.2) is 4.99 Å². The monoisotopic (exact) mass is 209 g/mol. The van der Waals surface area contributed by atoms with Crippen LogP contribution in [0.4, 0.5) is 0 Å². The highest BCUT2D eigenvalue weighted by Crippen LogP contribution is 2.28. The highest BCUT2D eigenvalue weighted by Gasteiger charge is 2.41. The van der Waals surface area contributed by atoms with Gasteiger partial charge in [-0.1, -0.05) is 6.42 Å². The maximum Gasteiger partial charge on any atom is 0.288 e. The molecule has 1 saturated carbocycles. The standard InChI is InChI=1S/C11H19N3O/c1-8(2)12-9-10(15)14-11(13-9)6-4-3-5-7-11/h8H,3-7H2,1-2H3,(H,12,13)(H,14,15). The molecule has 1 heterocycles. The van der Waals surface area contributed by atoms with E-state index in [2.05, 4.69) is 15.6 Å². The zero-order valence-electron chi connectivity index (χ0n) is 9.47. The summed E-state index contributed by atoms with van der Waals surface area (Å²) in [6.07, 6.45) is 5.69. The van der Waals surface area contributed by atoms with Crippen molar-refractivity contribution in [3.8, 4) is 0 Å². The van der Waals surface area contributed by atoms with Crippen LogP contribution in [0.2, 0.25) is 0 Å². The van der Waals surface area contributed by atoms with Gasteiger partial charge in [0.1, 0.15) is 5.66 Å². The Bertz CT molecular complexity index is 290. The second-order valence-electron chi connectivity index (χ2n) is 4.79. The van der Waals surface area contributed by atoms with Crippen molar-refractivity contribution in [2.45, 2.75) is 57.7 Å². The van der Waals surface area contributed by atoms with Crippen LogP contribution >= 0.6 is 0 Å². The molecule has 0 atom stereocenters. The minimum atomic E-state index is -0.178. The molecule has 0 bridgehead atoms. The lowest BCUT2D eigenvalue weighted by Crippen LogP contribution is -2.51. The van der Waals surface area contributed by atoms with Crippen LogP contribution in [0.5, 0.6) is 0 Å². The van der Waals surface area contributed by atoms with Gasteiger partial charge >= 0.3 is 0 Å². The summed E-state index contributed by atoms with van der Waals surface area (Å²) in [5, 5.41) is 6.32. The summed E-state index contributed by atoms with van der Waals surface area (Å²) < 4.78 is 0. The number of hydrogen-bond acceptors (Lipinski definition) is 2. The second-order valence-corrected chi connectivity index (χ2v) is 4.79. The number of nitrogens with one attached hydrogen (secondary N) is 2. The first-order valence-corrected chi connectivity index (χ1v) is 5.80. The van der Waals surface area contributed by atoms with Crippen LogP contribution in [0.3, 0.4) is 0 Å². The molecule has 0 radical (unpaired) electrons. The van der Waals surface area contributed by atoms with Crippen molar-refractivity contribution in [1.29, 1.82) is 0 Å². The second kappa shape index (κ2) is 3.83. The van der Waals surface area contributed by atoms with Gasteiger partial charge in [0, 0.05) is 6.04 Å². The van der Waals surface area contributed by atoms with Gasteiger partial charge in [-0.3, -0.25) is 9.79 Å². The Hall–Kier alpha value is -1.06. The average molecular weight is 209 g/mol. The van der Waals surface area contributed by atoms with E-state index in [0.29, 0.717) is 5.84 Å². The maximum absolute atomic E-state index is 11.7. The molecule has 1 spiro atoms. The molecule has 4 heteroatoms. The number of nitrogens with zero attached hydrogens (tertiary/aromatic N) is 1. The molecular weight excluding hydrogens is 190 g/mol. The first-order valence-electron chi connectivity index (χ1n) is 5.80. The first-order chi connectivity index (χ1) is 7.11. The summed E-state index contributed by atoms with van der Waals surface area (Å²) in [7, 11) is 0. The zero-order valence-corrected chi connectivity index (χ0v) is 9.47. The third-order valence-electron chi connectivity index (χ3n) is 3.02. The van der Waals surface area contributed by atoms with Gasteiger partial charge in [-0.25, -0.2) is 0 Å². The maximum atomic E-state index is 11.7. The van der Waals surface area contributed by atoms with E-state index in [4.69, 9.17) is 0 Å². The van der Waals surface area contributed by atoms with Gasteiger partial charge in [-0.2, -0.15) is 0 Å². The smallest absolute Gasteiger partial charge is 0.288 e. The number of amides is 1. The van der Waals surface area contributed by atoms with Crippen LogP contribution in [-0.2, 0) is 4.79 Å². The molecule has 84 valence electrons. The Kier molecular flexibility index (Phi) is 2.67. The molecule has 0 aromatic heterocycles. The van der Waals surface area contributed by atoms with Gasteiger partial charge < -0.3 is 10.6 Å². The molecule has 1 aliphatic carbocycles. The molecule has 4 nitrogen and oxygen atoms in total. The lowest BCUT2D eigenvalue weighted by molar-refractivity contribution is -0.115. The number of hydrogen-bond donors (Lipinski definition) is 2. The zero-order chi connectivity index (χ0) is 10.9. The van der Waals surface area contributed by atoms with Gasteiger partial charge in [-0.15, -0.1) is 0 Å². The summed E-state index contributed by atoms with van der Waals surface area (Å²) in [6.45, 7) is 3.96. The first kappa shape index (κ1) is 10.5. The molecule has 1 amide bonds. The van der Waals surface area contributed by atoms with E-state index < -0.39 is 0 Å². The van der Waals surface area contributed by atoms with Crippen LogP contribution in [0, 0.1) is 0 Å². The topological polar surface area (TPSA) is 53.5 Å². The minimum Gasteiger partial charge on any atom is -0.343 e. The molecule has 2 N–H and O–H groups in total. The summed E-state index contributed by atoms with van der Waals surface area (Å²) in [6, 6.07) is 0.164. The molecule has 1 saturated heterocycles. The third kappa shape index (κ3) is 2.13. The number of amidine groups is 1. The Labute approximate surface area is 90.5 Å². The van der Waals surface area contributed by atoms with Crippen molar-refractivity contribution < 1.29 is 4.79 Å². The quantitative estimate of drug-likeness (QED) is 0.681. The molecule has 0 aromatic rings. The van der Waals surface area contributed by atoms with Gasteiger partial charge in [0.2, 0.25) is 0 Å². The number of rotatable bonds is 1. The SMILES string of the molecule is CC(C)N=C1NC2(CCCCC2)NC1=O. The molecule has 0 unspecified atom stereocenters. The summed E-state index contributed by atoms with van der Waals surface area (Å²) in [5.41, 5.74) is -0.178. The van der Waals surface area contributed by atoms with Crippen molar-refractivity contribution in [2.75, 3.05) is 0 Å². The molecule has 15 heavy (non-hydrogen) atoms. The number of carbonyl (C=O) groups is 1. The summed E-state index contributed by atoms with van der Waals surface area (Å²) in [4.78, 5) is 16.0. The molecular formula is C11H19N3O. The van der Waals surface area contributed by atoms with E-state index in [1.54, 1.807) is 0 Å². The Balaban J connectivity index is 2.11. The van der Waals surface area contributed by atoms with Crippen molar-refractivity contribution in [3.63, 3.8) is 0 Å². The Morgan fingerprint density at radius 2 is 1.87 bits per heavy atom. The van der Waals surface area contributed by atoms with E-state index >= 15 is 0 Å². The van der Waals surface area contributed by atoms with Gasteiger partial charge in [0.25, 0.3) is 5.91 Å². The lowest BCUT2D eigenvalue weighted by atomic mass is 9.90. The third-order valence-corrected chi connectivity index (χ3v) is 3.02. The largest absolute Gasteiger partial charge is 0.343 e. The Morgan fingerprint density at radius 1 is 1.20 bits per heavy atom. The Morgan fingerprint density at radius 3 is 2.47 bits per heavy atom. The predicted molar refractivity (Wildman–Crippen MR) is 59.7 cm³/mol. The van der Waals surface area contributed by atoms with Crippen LogP contribution < -0.4 is 10.6 Å². The summed E-state index contributed by atoms with van der Waals surface area (Å²) >= 11 is 0. The van der Waals surface area contributed by atoms with Crippen LogP contribution in [0.25, 0.3) is 0 Å². The van der Waals surface area contributed by atoms with Crippen molar-refractivity contribution >= 4 is 11.7 Å². The van der Waals surface area contributed by atoms with Gasteiger partial charge in [0.15, 0.2) is 5.84 Å². The number of aliphatic imine (C=N–C) groups is 1. The molecule has 2 aliphatic rings. The van der Waals surface area contributed by atoms with E-state index in [9.17, 15) is 4.79 Å². The summed E-state index contributed by atoms with van der Waals surface area (Å²) in [5.74, 6) is 0.484. The van der Waals surface area contributed by atoms with E-state index in [0.717, 1.165) is 12.8 Å². The van der Waals surface area contributed by atoms with Gasteiger partial charge in [-0.05, 0) is 39.5 Å². The average Bonchev–Trinajstić information content (AvgIpc) is 2.43. The lowest BCUT2D eigenvalue weighted by Gasteiger charge is -2.33. The number of carbonyl (C=O) groups excluding carboxylic acids is 1. The predicted octanol–water partition coefficient (Wildman–Crippen LogP) is 1.17. The highest BCUT2D eigenvalue weighted by atomic mass is 16.2. The fraction of sp³-hybridized carbons (Fsp3) is 0.818. The fourth-order valence-corrected chi connectivity index (χ4v) is 2.35. The highest BCUT2D eigenvalue weighted by molar-refractivity contribution is 6.40. The van der Waals surface area contributed by atoms with Crippen molar-refractivity contribution in [1.82, 2.24) is 10.6 Å². The molecule has 0 aromatic carbocycles. The van der Waals surface area contributed by atoms with Crippen molar-refractivity contribution in [2.24, 2.45) is 4.99 Å². The molecule has 2 rings (SSSR count). The van der Waals surface area contributed by atoms with Crippen LogP contribution in [0.1, 0.15) is 46.0 Å². The fourth-order valence-electron chi connectivity index (χ4n) is 2.35. The minimum absolute atomic E-state index is 0.0365. The molecule has 2 fully saturated rings. The van der Waals surface area contributed by atoms with Crippen LogP contribution in [-0.4, -0.2) is 23.4 Å².